The SMILES string of the molecule is O=C(CSc1nc(O)cc(=O)[nH]1)Nc1nnc(C(F)(F)F)s1. The molecule has 2 aromatic rings. The van der Waals surface area contributed by atoms with Crippen molar-refractivity contribution in [1.82, 2.24) is 20.2 Å². The van der Waals surface area contributed by atoms with Gasteiger partial charge in [0, 0.05) is 0 Å². The number of H-pyrrole nitrogens is 1. The second-order valence-electron chi connectivity index (χ2n) is 3.66. The summed E-state index contributed by atoms with van der Waals surface area (Å²) in [4.78, 5) is 28.4. The minimum absolute atomic E-state index is 0.00612. The Kier molecular flexibility index (Phi) is 4.65. The molecule has 0 aliphatic rings. The van der Waals surface area contributed by atoms with E-state index >= 15 is 0 Å². The number of carbonyl (C=O) groups is 1. The van der Waals surface area contributed by atoms with Gasteiger partial charge in [-0.15, -0.1) is 10.2 Å². The number of nitrogens with one attached hydrogen (secondary N) is 2. The van der Waals surface area contributed by atoms with Gasteiger partial charge in [0.25, 0.3) is 5.56 Å². The molecule has 2 aromatic heterocycles. The maximum Gasteiger partial charge on any atom is 0.445 e. The van der Waals surface area contributed by atoms with E-state index in [1.165, 1.54) is 0 Å². The summed E-state index contributed by atoms with van der Waals surface area (Å²) in [6.45, 7) is 0. The third-order valence-electron chi connectivity index (χ3n) is 1.96. The molecule has 3 N–H and O–H groups in total. The number of aromatic hydroxyl groups is 1. The summed E-state index contributed by atoms with van der Waals surface area (Å²) in [5.41, 5.74) is -0.602. The van der Waals surface area contributed by atoms with Crippen LogP contribution in [0.25, 0.3) is 0 Å². The molecule has 0 aromatic carbocycles. The number of hydrogen-bond acceptors (Lipinski definition) is 8. The first kappa shape index (κ1) is 16.2. The lowest BCUT2D eigenvalue weighted by Crippen LogP contribution is -2.15. The van der Waals surface area contributed by atoms with Crippen LogP contribution in [0.4, 0.5) is 18.3 Å². The molecule has 0 atom stereocenters. The number of alkyl halides is 3. The fraction of sp³-hybridized carbons (Fsp3) is 0.222. The minimum atomic E-state index is -4.62. The molecular formula is C9H6F3N5O3S2. The van der Waals surface area contributed by atoms with Crippen LogP contribution < -0.4 is 10.9 Å². The van der Waals surface area contributed by atoms with Gasteiger partial charge in [-0.2, -0.15) is 18.2 Å². The number of aromatic nitrogens is 4. The summed E-state index contributed by atoms with van der Waals surface area (Å²) < 4.78 is 36.9. The molecule has 0 fully saturated rings. The first-order chi connectivity index (χ1) is 10.2. The second kappa shape index (κ2) is 6.31. The number of nitrogens with zero attached hydrogens (tertiary/aromatic N) is 3. The van der Waals surface area contributed by atoms with E-state index in [0.717, 1.165) is 17.8 Å². The Bertz CT molecular complexity index is 745. The molecule has 0 bridgehead atoms. The van der Waals surface area contributed by atoms with E-state index in [9.17, 15) is 22.8 Å². The first-order valence-electron chi connectivity index (χ1n) is 5.38. The number of halogens is 3. The summed E-state index contributed by atoms with van der Waals surface area (Å²) in [5, 5.41) is 15.9. The molecule has 0 aliphatic carbocycles. The monoisotopic (exact) mass is 353 g/mol. The number of hydrogen-bond donors (Lipinski definition) is 3. The quantitative estimate of drug-likeness (QED) is 0.555. The van der Waals surface area contributed by atoms with Crippen LogP contribution in [0.1, 0.15) is 5.01 Å². The Morgan fingerprint density at radius 1 is 1.45 bits per heavy atom. The predicted molar refractivity (Wildman–Crippen MR) is 70.8 cm³/mol. The number of carbonyl (C=O) groups excluding carboxylic acids is 1. The van der Waals surface area contributed by atoms with E-state index in [0.29, 0.717) is 0 Å². The Morgan fingerprint density at radius 2 is 2.18 bits per heavy atom. The van der Waals surface area contributed by atoms with Crippen molar-refractivity contribution in [2.75, 3.05) is 11.1 Å². The molecule has 13 heteroatoms. The van der Waals surface area contributed by atoms with E-state index in [-0.39, 0.29) is 27.4 Å². The van der Waals surface area contributed by atoms with Crippen molar-refractivity contribution in [2.45, 2.75) is 11.3 Å². The lowest BCUT2D eigenvalue weighted by molar-refractivity contribution is -0.138. The zero-order chi connectivity index (χ0) is 16.3. The fourth-order valence-electron chi connectivity index (χ4n) is 1.17. The third kappa shape index (κ3) is 4.42. The van der Waals surface area contributed by atoms with Crippen molar-refractivity contribution in [3.05, 3.63) is 21.4 Å². The highest BCUT2D eigenvalue weighted by atomic mass is 32.2. The highest BCUT2D eigenvalue weighted by Crippen LogP contribution is 2.33. The second-order valence-corrected chi connectivity index (χ2v) is 5.60. The Balaban J connectivity index is 1.93. The normalized spacial score (nSPS) is 11.4. The van der Waals surface area contributed by atoms with Crippen molar-refractivity contribution in [3.8, 4) is 5.88 Å². The largest absolute Gasteiger partial charge is 0.493 e. The number of rotatable bonds is 4. The highest BCUT2D eigenvalue weighted by Gasteiger charge is 2.35. The van der Waals surface area contributed by atoms with E-state index in [1.807, 2.05) is 0 Å². The van der Waals surface area contributed by atoms with Crippen molar-refractivity contribution in [2.24, 2.45) is 0 Å². The van der Waals surface area contributed by atoms with E-state index < -0.39 is 28.5 Å². The Hall–Kier alpha value is -2.15. The topological polar surface area (TPSA) is 121 Å². The smallest absolute Gasteiger partial charge is 0.445 e. The van der Waals surface area contributed by atoms with Gasteiger partial charge in [-0.25, -0.2) is 0 Å². The van der Waals surface area contributed by atoms with Crippen molar-refractivity contribution >= 4 is 34.1 Å². The maximum atomic E-state index is 12.3. The zero-order valence-corrected chi connectivity index (χ0v) is 12.0. The van der Waals surface area contributed by atoms with Gasteiger partial charge in [0.05, 0.1) is 11.8 Å². The molecule has 2 rings (SSSR count). The number of thioether (sulfide) groups is 1. The van der Waals surface area contributed by atoms with Crippen LogP contribution in [0.15, 0.2) is 16.0 Å². The van der Waals surface area contributed by atoms with Gasteiger partial charge in [-0.05, 0) is 0 Å². The van der Waals surface area contributed by atoms with Crippen molar-refractivity contribution in [3.63, 3.8) is 0 Å². The summed E-state index contributed by atoms with van der Waals surface area (Å²) in [6, 6.07) is 0.851. The van der Waals surface area contributed by atoms with Crippen LogP contribution in [0, 0.1) is 0 Å². The number of aromatic amines is 1. The molecule has 0 aliphatic heterocycles. The molecular weight excluding hydrogens is 347 g/mol. The molecule has 1 amide bonds. The molecule has 2 heterocycles. The summed E-state index contributed by atoms with van der Waals surface area (Å²) >= 11 is 0.977. The Labute approximate surface area is 127 Å². The summed E-state index contributed by atoms with van der Waals surface area (Å²) in [6.07, 6.45) is -4.62. The molecule has 0 saturated heterocycles. The van der Waals surface area contributed by atoms with Crippen LogP contribution in [-0.4, -0.2) is 36.9 Å². The lowest BCUT2D eigenvalue weighted by Gasteiger charge is -2.01. The van der Waals surface area contributed by atoms with Gasteiger partial charge < -0.3 is 10.1 Å². The van der Waals surface area contributed by atoms with Gasteiger partial charge >= 0.3 is 6.18 Å². The van der Waals surface area contributed by atoms with Crippen LogP contribution >= 0.6 is 23.1 Å². The van der Waals surface area contributed by atoms with Gasteiger partial charge in [0.15, 0.2) is 5.16 Å². The maximum absolute atomic E-state index is 12.3. The van der Waals surface area contributed by atoms with Crippen LogP contribution in [-0.2, 0) is 11.0 Å². The minimum Gasteiger partial charge on any atom is -0.493 e. The van der Waals surface area contributed by atoms with Crippen LogP contribution in [0.2, 0.25) is 0 Å². The molecule has 8 nitrogen and oxygen atoms in total. The predicted octanol–water partition coefficient (Wildman–Crippen LogP) is 1.08. The number of anilines is 1. The Morgan fingerprint density at radius 3 is 2.77 bits per heavy atom. The van der Waals surface area contributed by atoms with E-state index in [1.54, 1.807) is 0 Å². The molecule has 22 heavy (non-hydrogen) atoms. The molecule has 0 saturated carbocycles. The standard InChI is InChI=1S/C9H6F3N5O3S2/c10-9(11,12)6-16-17-8(22-6)15-5(20)2-21-7-13-3(18)1-4(19)14-7/h1H,2H2,(H,15,17,20)(H2,13,14,18,19). The van der Waals surface area contributed by atoms with Gasteiger partial charge in [-0.1, -0.05) is 23.1 Å². The van der Waals surface area contributed by atoms with Gasteiger partial charge in [-0.3, -0.25) is 14.9 Å². The van der Waals surface area contributed by atoms with Crippen LogP contribution in [0.5, 0.6) is 5.88 Å². The highest BCUT2D eigenvalue weighted by molar-refractivity contribution is 7.99. The summed E-state index contributed by atoms with van der Waals surface area (Å²) in [7, 11) is 0. The molecule has 0 spiro atoms. The molecule has 0 unspecified atom stereocenters. The average Bonchev–Trinajstić information content (AvgIpc) is 2.83. The number of amides is 1. The molecule has 118 valence electrons. The fourth-order valence-corrected chi connectivity index (χ4v) is 2.47. The van der Waals surface area contributed by atoms with Gasteiger partial charge in [0.2, 0.25) is 21.9 Å². The summed E-state index contributed by atoms with van der Waals surface area (Å²) in [5.74, 6) is -1.43. The van der Waals surface area contributed by atoms with Crippen molar-refractivity contribution < 1.29 is 23.1 Å². The third-order valence-corrected chi connectivity index (χ3v) is 3.72. The van der Waals surface area contributed by atoms with E-state index in [2.05, 4.69) is 25.5 Å². The molecule has 0 radical (unpaired) electrons. The zero-order valence-electron chi connectivity index (χ0n) is 10.3. The van der Waals surface area contributed by atoms with Crippen molar-refractivity contribution in [1.29, 1.82) is 0 Å². The average molecular weight is 353 g/mol. The van der Waals surface area contributed by atoms with E-state index in [4.69, 9.17) is 5.11 Å². The lowest BCUT2D eigenvalue weighted by atomic mass is 10.6. The van der Waals surface area contributed by atoms with Crippen LogP contribution in [0.3, 0.4) is 0 Å². The van der Waals surface area contributed by atoms with Gasteiger partial charge in [0.1, 0.15) is 0 Å². The first-order valence-corrected chi connectivity index (χ1v) is 7.18.